The zero-order chi connectivity index (χ0) is 21.4. The molecule has 0 bridgehead atoms. The fourth-order valence-electron chi connectivity index (χ4n) is 2.89. The lowest BCUT2D eigenvalue weighted by Crippen LogP contribution is -2.54. The monoisotopic (exact) mass is 476 g/mol. The topological polar surface area (TPSA) is 62.6 Å². The van der Waals surface area contributed by atoms with E-state index >= 15 is 0 Å². The highest BCUT2D eigenvalue weighted by molar-refractivity contribution is 7.80. The molecule has 1 saturated heterocycles. The number of furan rings is 1. The minimum absolute atomic E-state index is 0.0182. The van der Waals surface area contributed by atoms with Crippen LogP contribution >= 0.6 is 47.0 Å². The van der Waals surface area contributed by atoms with Crippen molar-refractivity contribution in [3.8, 4) is 11.3 Å². The van der Waals surface area contributed by atoms with E-state index in [0.717, 1.165) is 0 Å². The Bertz CT molecular complexity index is 1220. The second-order valence-corrected chi connectivity index (χ2v) is 7.85. The normalized spacial score (nSPS) is 15.6. The highest BCUT2D eigenvalue weighted by Crippen LogP contribution is 2.35. The number of benzene rings is 2. The van der Waals surface area contributed by atoms with Crippen molar-refractivity contribution in [1.82, 2.24) is 5.32 Å². The van der Waals surface area contributed by atoms with Crippen LogP contribution in [-0.2, 0) is 9.59 Å². The summed E-state index contributed by atoms with van der Waals surface area (Å²) in [5.41, 5.74) is 0.944. The first kappa shape index (κ1) is 20.6. The first-order chi connectivity index (χ1) is 14.3. The molecule has 0 saturated carbocycles. The molecule has 1 fully saturated rings. The molecule has 2 aromatic carbocycles. The minimum Gasteiger partial charge on any atom is -0.457 e. The van der Waals surface area contributed by atoms with Gasteiger partial charge in [-0.25, -0.2) is 0 Å². The molecule has 1 aromatic heterocycles. The second kappa shape index (κ2) is 8.24. The van der Waals surface area contributed by atoms with Crippen LogP contribution in [0.4, 0.5) is 5.69 Å². The van der Waals surface area contributed by atoms with Crippen molar-refractivity contribution < 1.29 is 14.0 Å². The van der Waals surface area contributed by atoms with Gasteiger partial charge in [-0.1, -0.05) is 40.9 Å². The number of amides is 2. The van der Waals surface area contributed by atoms with Crippen LogP contribution in [-0.4, -0.2) is 16.9 Å². The fraction of sp³-hybridized carbons (Fsp3) is 0. The summed E-state index contributed by atoms with van der Waals surface area (Å²) in [6.45, 7) is 0. The van der Waals surface area contributed by atoms with E-state index < -0.39 is 11.8 Å². The summed E-state index contributed by atoms with van der Waals surface area (Å²) in [6, 6.07) is 15.0. The van der Waals surface area contributed by atoms with Gasteiger partial charge < -0.3 is 4.42 Å². The van der Waals surface area contributed by atoms with E-state index in [-0.39, 0.29) is 10.7 Å². The number of nitrogens with one attached hydrogen (secondary N) is 1. The van der Waals surface area contributed by atoms with Crippen molar-refractivity contribution in [2.24, 2.45) is 0 Å². The van der Waals surface area contributed by atoms with Crippen LogP contribution in [0.15, 0.2) is 64.6 Å². The van der Waals surface area contributed by atoms with E-state index in [2.05, 4.69) is 5.32 Å². The molecule has 150 valence electrons. The number of carbonyl (C=O) groups is 2. The van der Waals surface area contributed by atoms with Crippen molar-refractivity contribution in [2.75, 3.05) is 4.90 Å². The van der Waals surface area contributed by atoms with Gasteiger partial charge in [0.15, 0.2) is 5.11 Å². The van der Waals surface area contributed by atoms with Crippen LogP contribution in [0.2, 0.25) is 15.1 Å². The Hall–Kier alpha value is -2.64. The molecule has 30 heavy (non-hydrogen) atoms. The Kier molecular flexibility index (Phi) is 5.66. The van der Waals surface area contributed by atoms with Gasteiger partial charge in [0.1, 0.15) is 17.1 Å². The van der Waals surface area contributed by atoms with Crippen LogP contribution in [0.1, 0.15) is 5.76 Å². The summed E-state index contributed by atoms with van der Waals surface area (Å²) < 4.78 is 5.77. The number of halogens is 3. The van der Waals surface area contributed by atoms with Crippen LogP contribution in [0.25, 0.3) is 17.4 Å². The smallest absolute Gasteiger partial charge is 0.270 e. The second-order valence-electron chi connectivity index (χ2n) is 6.24. The Balaban J connectivity index is 1.69. The number of carbonyl (C=O) groups excluding carboxylic acids is 2. The minimum atomic E-state index is -0.617. The largest absolute Gasteiger partial charge is 0.457 e. The number of nitrogens with zero attached hydrogens (tertiary/aromatic N) is 1. The van der Waals surface area contributed by atoms with Gasteiger partial charge in [-0.15, -0.1) is 0 Å². The summed E-state index contributed by atoms with van der Waals surface area (Å²) in [4.78, 5) is 26.6. The Labute approximate surface area is 191 Å². The van der Waals surface area contributed by atoms with Crippen LogP contribution in [0.5, 0.6) is 0 Å². The van der Waals surface area contributed by atoms with Gasteiger partial charge in [0.05, 0.1) is 15.7 Å². The maximum Gasteiger partial charge on any atom is 0.270 e. The van der Waals surface area contributed by atoms with Crippen LogP contribution < -0.4 is 10.2 Å². The Morgan fingerprint density at radius 1 is 0.967 bits per heavy atom. The molecule has 5 nitrogen and oxygen atoms in total. The van der Waals surface area contributed by atoms with Crippen molar-refractivity contribution in [2.45, 2.75) is 0 Å². The van der Waals surface area contributed by atoms with E-state index in [0.29, 0.717) is 37.8 Å². The van der Waals surface area contributed by atoms with E-state index in [4.69, 9.17) is 51.4 Å². The molecule has 3 aromatic rings. The molecule has 2 heterocycles. The van der Waals surface area contributed by atoms with E-state index in [1.165, 1.54) is 11.0 Å². The van der Waals surface area contributed by atoms with Gasteiger partial charge in [-0.05, 0) is 66.8 Å². The average molecular weight is 478 g/mol. The zero-order valence-electron chi connectivity index (χ0n) is 15.0. The van der Waals surface area contributed by atoms with Gasteiger partial charge in [0.2, 0.25) is 0 Å². The molecule has 2 amide bonds. The highest BCUT2D eigenvalue weighted by Gasteiger charge is 2.34. The summed E-state index contributed by atoms with van der Waals surface area (Å²) in [7, 11) is 0. The molecular weight excluding hydrogens is 467 g/mol. The van der Waals surface area contributed by atoms with E-state index in [1.807, 2.05) is 0 Å². The van der Waals surface area contributed by atoms with Crippen molar-refractivity contribution in [3.63, 3.8) is 0 Å². The fourth-order valence-corrected chi connectivity index (χ4v) is 3.69. The quantitative estimate of drug-likeness (QED) is 0.297. The predicted octanol–water partition coefficient (Wildman–Crippen LogP) is 5.74. The van der Waals surface area contributed by atoms with E-state index in [1.54, 1.807) is 54.6 Å². The van der Waals surface area contributed by atoms with Crippen molar-refractivity contribution in [1.29, 1.82) is 0 Å². The van der Waals surface area contributed by atoms with Crippen LogP contribution in [0.3, 0.4) is 0 Å². The molecular formula is C21H11Cl3N2O3S. The summed E-state index contributed by atoms with van der Waals surface area (Å²) >= 11 is 23.4. The molecule has 9 heteroatoms. The molecule has 4 rings (SSSR count). The first-order valence-electron chi connectivity index (χ1n) is 8.56. The molecule has 1 aliphatic heterocycles. The molecule has 0 radical (unpaired) electrons. The van der Waals surface area contributed by atoms with Gasteiger partial charge in [0.25, 0.3) is 11.8 Å². The van der Waals surface area contributed by atoms with Gasteiger partial charge >= 0.3 is 0 Å². The van der Waals surface area contributed by atoms with Gasteiger partial charge in [0, 0.05) is 10.6 Å². The number of hydrogen-bond acceptors (Lipinski definition) is 4. The lowest BCUT2D eigenvalue weighted by Gasteiger charge is -2.28. The van der Waals surface area contributed by atoms with E-state index in [9.17, 15) is 9.59 Å². The maximum absolute atomic E-state index is 13.0. The number of rotatable bonds is 3. The molecule has 0 spiro atoms. The van der Waals surface area contributed by atoms with Crippen molar-refractivity contribution >= 4 is 75.7 Å². The Morgan fingerprint density at radius 3 is 2.43 bits per heavy atom. The van der Waals surface area contributed by atoms with Gasteiger partial charge in [-0.3, -0.25) is 19.8 Å². The lowest BCUT2D eigenvalue weighted by atomic mass is 10.1. The molecule has 0 aliphatic carbocycles. The summed E-state index contributed by atoms with van der Waals surface area (Å²) in [5, 5.41) is 3.74. The van der Waals surface area contributed by atoms with Gasteiger partial charge in [-0.2, -0.15) is 0 Å². The summed E-state index contributed by atoms with van der Waals surface area (Å²) in [5.74, 6) is -0.453. The highest BCUT2D eigenvalue weighted by atomic mass is 35.5. The average Bonchev–Trinajstić information content (AvgIpc) is 3.17. The standard InChI is InChI=1S/C21H11Cl3N2O3S/c22-11-4-6-12(7-5-11)26-20(28)15(19(27)25-21(26)30)10-13-8-9-17(29-13)14-2-1-3-16(23)18(14)24/h1-10H,(H,25,27,30)/b15-10-. The molecule has 1 aliphatic rings. The number of anilines is 1. The number of hydrogen-bond donors (Lipinski definition) is 1. The lowest BCUT2D eigenvalue weighted by molar-refractivity contribution is -0.122. The number of thiocarbonyl (C=S) groups is 1. The third-order valence-electron chi connectivity index (χ3n) is 4.32. The molecule has 0 atom stereocenters. The third-order valence-corrected chi connectivity index (χ3v) is 5.67. The van der Waals surface area contributed by atoms with Crippen molar-refractivity contribution in [3.05, 3.63) is 81.0 Å². The molecule has 1 N–H and O–H groups in total. The Morgan fingerprint density at radius 2 is 1.70 bits per heavy atom. The van der Waals surface area contributed by atoms with Crippen LogP contribution in [0, 0.1) is 0 Å². The molecule has 0 unspecified atom stereocenters. The summed E-state index contributed by atoms with van der Waals surface area (Å²) in [6.07, 6.45) is 1.35. The zero-order valence-corrected chi connectivity index (χ0v) is 18.1. The SMILES string of the molecule is O=C1NC(=S)N(c2ccc(Cl)cc2)C(=O)/C1=C\c1ccc(-c2cccc(Cl)c2Cl)o1. The maximum atomic E-state index is 13.0. The first-order valence-corrected chi connectivity index (χ1v) is 10.1. The predicted molar refractivity (Wildman–Crippen MR) is 122 cm³/mol. The third kappa shape index (κ3) is 3.87.